The standard InChI is InChI=1S/C13H24O3/c1-2-3-4-5-6-7-8-9-10-12(14)11-13(15)16/h11,14H,2-10H2,1H3,(H,15,16)/b12-11+. The molecule has 3 nitrogen and oxygen atoms in total. The predicted molar refractivity (Wildman–Crippen MR) is 65.6 cm³/mol. The zero-order chi connectivity index (χ0) is 12.2. The van der Waals surface area contributed by atoms with E-state index < -0.39 is 5.97 Å². The average Bonchev–Trinajstić information content (AvgIpc) is 2.21. The molecule has 0 aromatic heterocycles. The van der Waals surface area contributed by atoms with E-state index in [4.69, 9.17) is 5.11 Å². The van der Waals surface area contributed by atoms with Gasteiger partial charge in [0.1, 0.15) is 0 Å². The van der Waals surface area contributed by atoms with Gasteiger partial charge in [-0.1, -0.05) is 51.9 Å². The summed E-state index contributed by atoms with van der Waals surface area (Å²) in [6.45, 7) is 2.21. The molecular weight excluding hydrogens is 204 g/mol. The molecule has 94 valence electrons. The van der Waals surface area contributed by atoms with Crippen molar-refractivity contribution in [3.8, 4) is 0 Å². The minimum atomic E-state index is -1.07. The molecule has 0 aliphatic carbocycles. The largest absolute Gasteiger partial charge is 0.512 e. The highest BCUT2D eigenvalue weighted by Crippen LogP contribution is 2.11. The lowest BCUT2D eigenvalue weighted by Gasteiger charge is -2.01. The number of carbonyl (C=O) groups is 1. The number of hydrogen-bond donors (Lipinski definition) is 2. The Balaban J connectivity index is 3.24. The predicted octanol–water partition coefficient (Wildman–Crippen LogP) is 4.04. The summed E-state index contributed by atoms with van der Waals surface area (Å²) in [5, 5.41) is 17.5. The monoisotopic (exact) mass is 228 g/mol. The molecule has 0 fully saturated rings. The zero-order valence-corrected chi connectivity index (χ0v) is 10.2. The Kier molecular flexibility index (Phi) is 9.87. The molecule has 0 aliphatic rings. The number of aliphatic hydroxyl groups excluding tert-OH is 1. The molecule has 2 N–H and O–H groups in total. The second-order valence-electron chi connectivity index (χ2n) is 4.20. The quantitative estimate of drug-likeness (QED) is 0.337. The topological polar surface area (TPSA) is 57.5 Å². The number of hydrogen-bond acceptors (Lipinski definition) is 2. The van der Waals surface area contributed by atoms with Crippen molar-refractivity contribution < 1.29 is 15.0 Å². The van der Waals surface area contributed by atoms with E-state index in [1.54, 1.807) is 0 Å². The van der Waals surface area contributed by atoms with Crippen LogP contribution in [0.15, 0.2) is 11.8 Å². The summed E-state index contributed by atoms with van der Waals surface area (Å²) in [4.78, 5) is 10.2. The van der Waals surface area contributed by atoms with Crippen LogP contribution < -0.4 is 0 Å². The Labute approximate surface area is 98.2 Å². The molecule has 0 atom stereocenters. The maximum Gasteiger partial charge on any atom is 0.331 e. The molecule has 16 heavy (non-hydrogen) atoms. The van der Waals surface area contributed by atoms with E-state index in [-0.39, 0.29) is 5.76 Å². The zero-order valence-electron chi connectivity index (χ0n) is 10.2. The van der Waals surface area contributed by atoms with E-state index in [9.17, 15) is 9.90 Å². The summed E-state index contributed by atoms with van der Waals surface area (Å²) >= 11 is 0. The van der Waals surface area contributed by atoms with Crippen LogP contribution in [0.4, 0.5) is 0 Å². The summed E-state index contributed by atoms with van der Waals surface area (Å²) in [6.07, 6.45) is 11.0. The fourth-order valence-corrected chi connectivity index (χ4v) is 1.65. The van der Waals surface area contributed by atoms with Crippen molar-refractivity contribution in [2.45, 2.75) is 64.7 Å². The highest BCUT2D eigenvalue weighted by atomic mass is 16.4. The first-order valence-corrected chi connectivity index (χ1v) is 6.29. The van der Waals surface area contributed by atoms with Crippen LogP contribution in [0.25, 0.3) is 0 Å². The lowest BCUT2D eigenvalue weighted by atomic mass is 10.1. The second kappa shape index (κ2) is 10.5. The van der Waals surface area contributed by atoms with Gasteiger partial charge < -0.3 is 10.2 Å². The molecule has 0 aromatic carbocycles. The van der Waals surface area contributed by atoms with E-state index in [0.717, 1.165) is 18.9 Å². The number of unbranched alkanes of at least 4 members (excludes halogenated alkanes) is 7. The van der Waals surface area contributed by atoms with E-state index in [1.165, 1.54) is 38.5 Å². The lowest BCUT2D eigenvalue weighted by Crippen LogP contribution is -1.92. The van der Waals surface area contributed by atoms with Crippen molar-refractivity contribution in [1.29, 1.82) is 0 Å². The van der Waals surface area contributed by atoms with Crippen molar-refractivity contribution in [3.05, 3.63) is 11.8 Å². The van der Waals surface area contributed by atoms with Gasteiger partial charge in [0, 0.05) is 6.42 Å². The molecule has 3 heteroatoms. The van der Waals surface area contributed by atoms with E-state index in [1.807, 2.05) is 0 Å². The third-order valence-electron chi connectivity index (χ3n) is 2.58. The fourth-order valence-electron chi connectivity index (χ4n) is 1.65. The summed E-state index contributed by atoms with van der Waals surface area (Å²) in [6, 6.07) is 0. The number of aliphatic hydroxyl groups is 1. The summed E-state index contributed by atoms with van der Waals surface area (Å²) in [7, 11) is 0. The molecule has 0 bridgehead atoms. The lowest BCUT2D eigenvalue weighted by molar-refractivity contribution is -0.131. The van der Waals surface area contributed by atoms with Gasteiger partial charge in [0.15, 0.2) is 0 Å². The van der Waals surface area contributed by atoms with Crippen molar-refractivity contribution in [2.75, 3.05) is 0 Å². The first-order chi connectivity index (χ1) is 7.66. The molecule has 0 aromatic rings. The Morgan fingerprint density at radius 2 is 1.44 bits per heavy atom. The van der Waals surface area contributed by atoms with Gasteiger partial charge in [-0.3, -0.25) is 0 Å². The molecule has 0 spiro atoms. The van der Waals surface area contributed by atoms with E-state index in [0.29, 0.717) is 6.42 Å². The van der Waals surface area contributed by atoms with Gasteiger partial charge in [-0.25, -0.2) is 4.79 Å². The van der Waals surface area contributed by atoms with Crippen LogP contribution >= 0.6 is 0 Å². The summed E-state index contributed by atoms with van der Waals surface area (Å²) < 4.78 is 0. The van der Waals surface area contributed by atoms with Gasteiger partial charge in [0.2, 0.25) is 0 Å². The average molecular weight is 228 g/mol. The van der Waals surface area contributed by atoms with Crippen LogP contribution in [-0.2, 0) is 4.79 Å². The van der Waals surface area contributed by atoms with Crippen molar-refractivity contribution >= 4 is 5.97 Å². The van der Waals surface area contributed by atoms with Gasteiger partial charge >= 0.3 is 5.97 Å². The van der Waals surface area contributed by atoms with Crippen LogP contribution in [0.1, 0.15) is 64.7 Å². The molecular formula is C13H24O3. The molecule has 0 radical (unpaired) electrons. The van der Waals surface area contributed by atoms with Gasteiger partial charge in [-0.05, 0) is 6.42 Å². The van der Waals surface area contributed by atoms with Crippen LogP contribution in [0.2, 0.25) is 0 Å². The second-order valence-corrected chi connectivity index (χ2v) is 4.20. The van der Waals surface area contributed by atoms with Crippen LogP contribution in [0.3, 0.4) is 0 Å². The van der Waals surface area contributed by atoms with Gasteiger partial charge in [-0.2, -0.15) is 0 Å². The highest BCUT2D eigenvalue weighted by Gasteiger charge is 1.97. The van der Waals surface area contributed by atoms with Crippen molar-refractivity contribution in [3.63, 3.8) is 0 Å². The normalized spacial score (nSPS) is 11.7. The van der Waals surface area contributed by atoms with E-state index >= 15 is 0 Å². The maximum atomic E-state index is 10.2. The highest BCUT2D eigenvalue weighted by molar-refractivity contribution is 5.80. The SMILES string of the molecule is CCCCCCCCCC/C(O)=C\C(=O)O. The van der Waals surface area contributed by atoms with Gasteiger partial charge in [-0.15, -0.1) is 0 Å². The maximum absolute atomic E-state index is 10.2. The molecule has 0 heterocycles. The minimum absolute atomic E-state index is 0.0153. The minimum Gasteiger partial charge on any atom is -0.512 e. The summed E-state index contributed by atoms with van der Waals surface area (Å²) in [5.74, 6) is -1.09. The Bertz CT molecular complexity index is 209. The number of rotatable bonds is 10. The third-order valence-corrected chi connectivity index (χ3v) is 2.58. The van der Waals surface area contributed by atoms with Gasteiger partial charge in [0.05, 0.1) is 11.8 Å². The van der Waals surface area contributed by atoms with Crippen LogP contribution in [0, 0.1) is 0 Å². The number of allylic oxidation sites excluding steroid dienone is 1. The molecule has 0 aliphatic heterocycles. The van der Waals surface area contributed by atoms with Crippen LogP contribution in [0.5, 0.6) is 0 Å². The number of carboxylic acid groups (broad SMARTS) is 1. The Morgan fingerprint density at radius 3 is 1.94 bits per heavy atom. The third kappa shape index (κ3) is 11.1. The fraction of sp³-hybridized carbons (Fsp3) is 0.769. The molecule has 0 saturated heterocycles. The van der Waals surface area contributed by atoms with E-state index in [2.05, 4.69) is 6.92 Å². The summed E-state index contributed by atoms with van der Waals surface area (Å²) in [5.41, 5.74) is 0. The smallest absolute Gasteiger partial charge is 0.331 e. The molecule has 0 rings (SSSR count). The number of carboxylic acids is 1. The van der Waals surface area contributed by atoms with Crippen molar-refractivity contribution in [2.24, 2.45) is 0 Å². The number of aliphatic carboxylic acids is 1. The molecule has 0 amide bonds. The van der Waals surface area contributed by atoms with Crippen molar-refractivity contribution in [1.82, 2.24) is 0 Å². The Hall–Kier alpha value is -0.990. The van der Waals surface area contributed by atoms with Crippen LogP contribution in [-0.4, -0.2) is 16.2 Å². The van der Waals surface area contributed by atoms with Gasteiger partial charge in [0.25, 0.3) is 0 Å². The molecule has 0 saturated carbocycles. The molecule has 0 unspecified atom stereocenters. The Morgan fingerprint density at radius 1 is 0.938 bits per heavy atom. The first kappa shape index (κ1) is 15.0. The first-order valence-electron chi connectivity index (χ1n) is 6.29.